The van der Waals surface area contributed by atoms with Crippen LogP contribution in [0.15, 0.2) is 48.6 Å². The van der Waals surface area contributed by atoms with Gasteiger partial charge in [-0.25, -0.2) is 0 Å². The topological polar surface area (TPSA) is 58.2 Å². The number of halogens is 4. The lowest BCUT2D eigenvalue weighted by Gasteiger charge is -2.05. The molecule has 0 radical (unpaired) electrons. The molecule has 0 saturated carbocycles. The quantitative estimate of drug-likeness (QED) is 0.256. The zero-order valence-electron chi connectivity index (χ0n) is 17.3. The van der Waals surface area contributed by atoms with Gasteiger partial charge in [-0.2, -0.15) is 0 Å². The molecular weight excluding hydrogens is 490 g/mol. The van der Waals surface area contributed by atoms with E-state index in [1.54, 1.807) is 48.6 Å². The Hall–Kier alpha value is -1.98. The summed E-state index contributed by atoms with van der Waals surface area (Å²) in [6, 6.07) is 10.4. The fourth-order valence-electron chi connectivity index (χ4n) is 2.80. The zero-order valence-corrected chi connectivity index (χ0v) is 20.4. The molecule has 2 aromatic carbocycles. The first kappa shape index (κ1) is 26.3. The number of carbonyl (C=O) groups excluding carboxylic acids is 2. The predicted molar refractivity (Wildman–Crippen MR) is 135 cm³/mol. The van der Waals surface area contributed by atoms with Gasteiger partial charge in [-0.05, 0) is 49.3 Å². The van der Waals surface area contributed by atoms with Gasteiger partial charge in [0.2, 0.25) is 11.8 Å². The normalized spacial score (nSPS) is 11.2. The Morgan fingerprint density at radius 2 is 0.969 bits per heavy atom. The number of hydrogen-bond acceptors (Lipinski definition) is 2. The number of benzene rings is 2. The van der Waals surface area contributed by atoms with Crippen LogP contribution in [0, 0.1) is 0 Å². The van der Waals surface area contributed by atoms with Crippen LogP contribution < -0.4 is 10.6 Å². The first-order valence-electron chi connectivity index (χ1n) is 10.2. The number of unbranched alkanes of at least 4 members (excludes halogenated alkanes) is 3. The van der Waals surface area contributed by atoms with Crippen LogP contribution in [0.25, 0.3) is 12.2 Å². The molecule has 0 aliphatic carbocycles. The molecule has 0 aromatic heterocycles. The van der Waals surface area contributed by atoms with E-state index in [0.717, 1.165) is 25.7 Å². The van der Waals surface area contributed by atoms with E-state index in [2.05, 4.69) is 10.6 Å². The molecule has 2 aromatic rings. The molecule has 2 N–H and O–H groups in total. The van der Waals surface area contributed by atoms with E-state index in [1.807, 2.05) is 0 Å². The van der Waals surface area contributed by atoms with Crippen LogP contribution in [-0.2, 0) is 9.59 Å². The van der Waals surface area contributed by atoms with Crippen LogP contribution in [0.4, 0.5) is 0 Å². The molecule has 32 heavy (non-hydrogen) atoms. The third-order valence-corrected chi connectivity index (χ3v) is 5.82. The highest BCUT2D eigenvalue weighted by molar-refractivity contribution is 6.37. The molecule has 170 valence electrons. The van der Waals surface area contributed by atoms with Gasteiger partial charge in [-0.15, -0.1) is 0 Å². The zero-order chi connectivity index (χ0) is 23.3. The van der Waals surface area contributed by atoms with Crippen LogP contribution in [0.3, 0.4) is 0 Å². The molecule has 0 aliphatic heterocycles. The van der Waals surface area contributed by atoms with Gasteiger partial charge in [0.25, 0.3) is 0 Å². The van der Waals surface area contributed by atoms with Crippen molar-refractivity contribution in [3.63, 3.8) is 0 Å². The summed E-state index contributed by atoms with van der Waals surface area (Å²) >= 11 is 24.3. The van der Waals surface area contributed by atoms with Gasteiger partial charge in [0.15, 0.2) is 0 Å². The summed E-state index contributed by atoms with van der Waals surface area (Å²) in [5, 5.41) is 7.65. The Morgan fingerprint density at radius 1 is 0.625 bits per heavy atom. The fourth-order valence-corrected chi connectivity index (χ4v) is 3.85. The van der Waals surface area contributed by atoms with Crippen molar-refractivity contribution in [3.05, 3.63) is 79.8 Å². The predicted octanol–water partition coefficient (Wildman–Crippen LogP) is 6.82. The van der Waals surface area contributed by atoms with Crippen LogP contribution in [0.5, 0.6) is 0 Å². The first-order valence-corrected chi connectivity index (χ1v) is 11.7. The van der Waals surface area contributed by atoms with E-state index in [-0.39, 0.29) is 11.8 Å². The SMILES string of the molecule is O=C(/C=C/c1c(Cl)cccc1Cl)NCCCCCCNC(=O)/C=C/c1c(Cl)cccc1Cl. The summed E-state index contributed by atoms with van der Waals surface area (Å²) in [7, 11) is 0. The summed E-state index contributed by atoms with van der Waals surface area (Å²) in [6.45, 7) is 1.15. The van der Waals surface area contributed by atoms with Gasteiger partial charge < -0.3 is 10.6 Å². The molecule has 0 aliphatic rings. The van der Waals surface area contributed by atoms with Crippen molar-refractivity contribution in [1.82, 2.24) is 10.6 Å². The van der Waals surface area contributed by atoms with Gasteiger partial charge in [-0.3, -0.25) is 9.59 Å². The summed E-state index contributed by atoms with van der Waals surface area (Å²) in [4.78, 5) is 23.8. The molecule has 0 atom stereocenters. The average molecular weight is 514 g/mol. The second kappa shape index (κ2) is 14.2. The average Bonchev–Trinajstić information content (AvgIpc) is 2.75. The first-order chi connectivity index (χ1) is 15.4. The van der Waals surface area contributed by atoms with E-state index in [0.29, 0.717) is 44.3 Å². The molecule has 2 amide bonds. The maximum Gasteiger partial charge on any atom is 0.244 e. The summed E-state index contributed by atoms with van der Waals surface area (Å²) in [6.07, 6.45) is 9.66. The Bertz CT molecular complexity index is 870. The van der Waals surface area contributed by atoms with Crippen LogP contribution in [-0.4, -0.2) is 24.9 Å². The van der Waals surface area contributed by atoms with Crippen LogP contribution in [0.1, 0.15) is 36.8 Å². The van der Waals surface area contributed by atoms with E-state index < -0.39 is 0 Å². The molecule has 4 nitrogen and oxygen atoms in total. The van der Waals surface area contributed by atoms with Crippen molar-refractivity contribution < 1.29 is 9.59 Å². The lowest BCUT2D eigenvalue weighted by atomic mass is 10.2. The third kappa shape index (κ3) is 9.25. The van der Waals surface area contributed by atoms with Gasteiger partial charge >= 0.3 is 0 Å². The van der Waals surface area contributed by atoms with Crippen molar-refractivity contribution in [2.45, 2.75) is 25.7 Å². The molecule has 0 fully saturated rings. The van der Waals surface area contributed by atoms with E-state index in [4.69, 9.17) is 46.4 Å². The van der Waals surface area contributed by atoms with Gasteiger partial charge in [0.1, 0.15) is 0 Å². The van der Waals surface area contributed by atoms with E-state index in [1.165, 1.54) is 12.2 Å². The summed E-state index contributed by atoms with van der Waals surface area (Å²) < 4.78 is 0. The standard InChI is InChI=1S/C24H24Cl4N2O2/c25-19-7-5-8-20(26)17(19)11-13-23(31)29-15-3-1-2-4-16-30-24(32)14-12-18-21(27)9-6-10-22(18)28/h5-14H,1-4,15-16H2,(H,29,31)(H,30,32)/b13-11+,14-12+. The highest BCUT2D eigenvalue weighted by Gasteiger charge is 2.04. The molecule has 0 saturated heterocycles. The molecule has 0 unspecified atom stereocenters. The van der Waals surface area contributed by atoms with Crippen molar-refractivity contribution in [1.29, 1.82) is 0 Å². The molecule has 2 rings (SSSR count). The summed E-state index contributed by atoms with van der Waals surface area (Å²) in [5.41, 5.74) is 1.25. The minimum absolute atomic E-state index is 0.196. The third-order valence-electron chi connectivity index (χ3n) is 4.50. The molecule has 0 heterocycles. The summed E-state index contributed by atoms with van der Waals surface area (Å²) in [5.74, 6) is -0.391. The second-order valence-electron chi connectivity index (χ2n) is 6.93. The Balaban J connectivity index is 1.56. The molecule has 0 spiro atoms. The van der Waals surface area contributed by atoms with Gasteiger partial charge in [-0.1, -0.05) is 71.4 Å². The van der Waals surface area contributed by atoms with Gasteiger partial charge in [0.05, 0.1) is 0 Å². The fraction of sp³-hybridized carbons (Fsp3) is 0.250. The maximum atomic E-state index is 11.9. The minimum atomic E-state index is -0.196. The van der Waals surface area contributed by atoms with E-state index in [9.17, 15) is 9.59 Å². The number of amides is 2. The number of rotatable bonds is 11. The molecule has 8 heteroatoms. The highest BCUT2D eigenvalue weighted by Crippen LogP contribution is 2.26. The highest BCUT2D eigenvalue weighted by atomic mass is 35.5. The largest absolute Gasteiger partial charge is 0.353 e. The van der Waals surface area contributed by atoms with Crippen molar-refractivity contribution >= 4 is 70.4 Å². The Labute approximate surface area is 208 Å². The van der Waals surface area contributed by atoms with Crippen molar-refractivity contribution in [3.8, 4) is 0 Å². The molecule has 0 bridgehead atoms. The maximum absolute atomic E-state index is 11.9. The lowest BCUT2D eigenvalue weighted by molar-refractivity contribution is -0.117. The molecular formula is C24H24Cl4N2O2. The number of carbonyl (C=O) groups is 2. The monoisotopic (exact) mass is 512 g/mol. The van der Waals surface area contributed by atoms with Gasteiger partial charge in [0, 0.05) is 56.5 Å². The number of hydrogen-bond donors (Lipinski definition) is 2. The second-order valence-corrected chi connectivity index (χ2v) is 8.56. The van der Waals surface area contributed by atoms with Crippen molar-refractivity contribution in [2.24, 2.45) is 0 Å². The Kier molecular flexibility index (Phi) is 11.7. The number of nitrogens with one attached hydrogen (secondary N) is 2. The minimum Gasteiger partial charge on any atom is -0.353 e. The van der Waals surface area contributed by atoms with Crippen molar-refractivity contribution in [2.75, 3.05) is 13.1 Å². The lowest BCUT2D eigenvalue weighted by Crippen LogP contribution is -2.23. The Morgan fingerprint density at radius 3 is 1.31 bits per heavy atom. The van der Waals surface area contributed by atoms with E-state index >= 15 is 0 Å². The smallest absolute Gasteiger partial charge is 0.244 e. The van der Waals surface area contributed by atoms with Crippen LogP contribution >= 0.6 is 46.4 Å². The van der Waals surface area contributed by atoms with Crippen LogP contribution in [0.2, 0.25) is 20.1 Å².